The van der Waals surface area contributed by atoms with E-state index < -0.39 is 15.6 Å². The molecule has 1 aromatic carbocycles. The van der Waals surface area contributed by atoms with Gasteiger partial charge in [0.2, 0.25) is 10.0 Å². The molecule has 10 heteroatoms. The van der Waals surface area contributed by atoms with Crippen molar-refractivity contribution < 1.29 is 17.9 Å². The van der Waals surface area contributed by atoms with Crippen molar-refractivity contribution in [2.45, 2.75) is 64.6 Å². The molecule has 0 atom stereocenters. The van der Waals surface area contributed by atoms with Gasteiger partial charge >= 0.3 is 0 Å². The maximum absolute atomic E-state index is 11.6. The van der Waals surface area contributed by atoms with Crippen LogP contribution in [0.3, 0.4) is 0 Å². The summed E-state index contributed by atoms with van der Waals surface area (Å²) in [6, 6.07) is 5.83. The lowest BCUT2D eigenvalue weighted by Crippen LogP contribution is -2.53. The lowest BCUT2D eigenvalue weighted by atomic mass is 10.1. The summed E-state index contributed by atoms with van der Waals surface area (Å²) in [5.74, 6) is 2.08. The van der Waals surface area contributed by atoms with E-state index in [0.717, 1.165) is 30.4 Å². The monoisotopic (exact) mass is 568 g/mol. The second kappa shape index (κ2) is 12.7. The summed E-state index contributed by atoms with van der Waals surface area (Å²) in [6.07, 6.45) is 5.89. The standard InChI is InChI=1S/C21H36N4O4S.HI/c1-6-22-20(24-15-21(2,3)25-30(5,26)27)23-14-16-10-9-13-18(28-4)19(16)29-17-11-7-8-12-17;/h9-10,13,17,25H,6-8,11-12,14-15H2,1-5H3,(H2,22,23,24);1H. The van der Waals surface area contributed by atoms with Crippen molar-refractivity contribution in [3.05, 3.63) is 23.8 Å². The minimum absolute atomic E-state index is 0. The zero-order valence-electron chi connectivity index (χ0n) is 19.2. The second-order valence-corrected chi connectivity index (χ2v) is 10.0. The summed E-state index contributed by atoms with van der Waals surface area (Å²) in [6.45, 7) is 7.11. The van der Waals surface area contributed by atoms with Crippen LogP contribution in [0.1, 0.15) is 52.0 Å². The summed E-state index contributed by atoms with van der Waals surface area (Å²) >= 11 is 0. The number of nitrogens with one attached hydrogen (secondary N) is 3. The van der Waals surface area contributed by atoms with Crippen molar-refractivity contribution in [1.82, 2.24) is 15.4 Å². The fourth-order valence-electron chi connectivity index (χ4n) is 3.50. The Morgan fingerprint density at radius 1 is 1.23 bits per heavy atom. The van der Waals surface area contributed by atoms with E-state index in [0.29, 0.717) is 31.3 Å². The molecule has 0 bridgehead atoms. The Labute approximate surface area is 204 Å². The summed E-state index contributed by atoms with van der Waals surface area (Å²) in [4.78, 5) is 4.68. The highest BCUT2D eigenvalue weighted by Gasteiger charge is 2.23. The number of hydrogen-bond acceptors (Lipinski definition) is 5. The molecule has 178 valence electrons. The maximum Gasteiger partial charge on any atom is 0.209 e. The van der Waals surface area contributed by atoms with Gasteiger partial charge in [-0.1, -0.05) is 12.1 Å². The van der Waals surface area contributed by atoms with Crippen molar-refractivity contribution in [2.75, 3.05) is 26.5 Å². The van der Waals surface area contributed by atoms with E-state index in [-0.39, 0.29) is 30.1 Å². The van der Waals surface area contributed by atoms with E-state index in [2.05, 4.69) is 20.3 Å². The Balaban J connectivity index is 0.00000480. The van der Waals surface area contributed by atoms with Crippen molar-refractivity contribution in [3.8, 4) is 11.5 Å². The molecule has 0 amide bonds. The van der Waals surface area contributed by atoms with Gasteiger partial charge in [-0.3, -0.25) is 0 Å². The van der Waals surface area contributed by atoms with Gasteiger partial charge in [0.25, 0.3) is 0 Å². The summed E-state index contributed by atoms with van der Waals surface area (Å²) < 4.78 is 37.5. The smallest absolute Gasteiger partial charge is 0.209 e. The normalized spacial score (nSPS) is 15.3. The zero-order valence-corrected chi connectivity index (χ0v) is 22.3. The lowest BCUT2D eigenvalue weighted by Gasteiger charge is -2.26. The molecule has 1 fully saturated rings. The van der Waals surface area contributed by atoms with Gasteiger partial charge in [-0.25, -0.2) is 18.1 Å². The van der Waals surface area contributed by atoms with Gasteiger partial charge in [0.15, 0.2) is 17.5 Å². The van der Waals surface area contributed by atoms with Crippen LogP contribution in [0.25, 0.3) is 0 Å². The number of ether oxygens (including phenoxy) is 2. The van der Waals surface area contributed by atoms with Crippen molar-refractivity contribution in [1.29, 1.82) is 0 Å². The lowest BCUT2D eigenvalue weighted by molar-refractivity contribution is 0.198. The molecule has 0 saturated heterocycles. The maximum atomic E-state index is 11.6. The molecule has 31 heavy (non-hydrogen) atoms. The van der Waals surface area contributed by atoms with Crippen molar-refractivity contribution in [2.24, 2.45) is 4.99 Å². The Bertz CT molecular complexity index is 825. The first-order valence-electron chi connectivity index (χ1n) is 10.5. The van der Waals surface area contributed by atoms with Crippen molar-refractivity contribution >= 4 is 40.0 Å². The highest BCUT2D eigenvalue weighted by atomic mass is 127. The Kier molecular flexibility index (Phi) is 11.4. The number of guanidine groups is 1. The first-order valence-corrected chi connectivity index (χ1v) is 12.4. The largest absolute Gasteiger partial charge is 0.493 e. The molecule has 0 heterocycles. The van der Waals surface area contributed by atoms with E-state index in [9.17, 15) is 8.42 Å². The minimum Gasteiger partial charge on any atom is -0.493 e. The molecule has 8 nitrogen and oxygen atoms in total. The Hall–Kier alpha value is -1.27. The van der Waals surface area contributed by atoms with Gasteiger partial charge in [0.05, 0.1) is 26.0 Å². The number of benzene rings is 1. The second-order valence-electron chi connectivity index (χ2n) is 8.28. The molecule has 0 aliphatic heterocycles. The first kappa shape index (κ1) is 27.8. The number of aliphatic imine (C=N–C) groups is 1. The Morgan fingerprint density at radius 3 is 2.48 bits per heavy atom. The highest BCUT2D eigenvalue weighted by Crippen LogP contribution is 2.35. The fourth-order valence-corrected chi connectivity index (χ4v) is 4.58. The van der Waals surface area contributed by atoms with Crippen LogP contribution >= 0.6 is 24.0 Å². The Morgan fingerprint density at radius 2 is 1.90 bits per heavy atom. The van der Waals surface area contributed by atoms with Gasteiger partial charge in [0, 0.05) is 24.2 Å². The third-order valence-electron chi connectivity index (χ3n) is 4.78. The van der Waals surface area contributed by atoms with E-state index >= 15 is 0 Å². The van der Waals surface area contributed by atoms with Crippen LogP contribution in [0, 0.1) is 0 Å². The number of rotatable bonds is 10. The molecule has 0 aromatic heterocycles. The minimum atomic E-state index is -3.30. The van der Waals surface area contributed by atoms with Crippen LogP contribution in [0.5, 0.6) is 11.5 Å². The van der Waals surface area contributed by atoms with Gasteiger partial charge in [-0.2, -0.15) is 0 Å². The molecular weight excluding hydrogens is 531 g/mol. The molecule has 1 aromatic rings. The molecule has 0 unspecified atom stereocenters. The number of sulfonamides is 1. The topological polar surface area (TPSA) is 101 Å². The van der Waals surface area contributed by atoms with Gasteiger partial charge in [0.1, 0.15) is 0 Å². The van der Waals surface area contributed by atoms with E-state index in [1.807, 2.05) is 39.0 Å². The third-order valence-corrected chi connectivity index (χ3v) is 5.70. The van der Waals surface area contributed by atoms with Gasteiger partial charge < -0.3 is 20.1 Å². The van der Waals surface area contributed by atoms with Crippen LogP contribution < -0.4 is 24.8 Å². The first-order chi connectivity index (χ1) is 14.1. The average Bonchev–Trinajstić information content (AvgIpc) is 3.16. The van der Waals surface area contributed by atoms with Crippen LogP contribution in [0.15, 0.2) is 23.2 Å². The molecule has 3 N–H and O–H groups in total. The molecule has 1 saturated carbocycles. The average molecular weight is 569 g/mol. The number of nitrogens with zero attached hydrogens (tertiary/aromatic N) is 1. The zero-order chi connectivity index (χ0) is 22.2. The van der Waals surface area contributed by atoms with Crippen LogP contribution in [-0.4, -0.2) is 52.5 Å². The number of methoxy groups -OCH3 is 1. The quantitative estimate of drug-likeness (QED) is 0.228. The van der Waals surface area contributed by atoms with Crippen molar-refractivity contribution in [3.63, 3.8) is 0 Å². The summed E-state index contributed by atoms with van der Waals surface area (Å²) in [5, 5.41) is 6.41. The summed E-state index contributed by atoms with van der Waals surface area (Å²) in [5.41, 5.74) is 0.295. The molecule has 0 radical (unpaired) electrons. The fraction of sp³-hybridized carbons (Fsp3) is 0.667. The van der Waals surface area contributed by atoms with Crippen LogP contribution in [-0.2, 0) is 16.6 Å². The number of halogens is 1. The predicted molar refractivity (Wildman–Crippen MR) is 136 cm³/mol. The third kappa shape index (κ3) is 9.82. The van der Waals surface area contributed by atoms with Crippen LogP contribution in [0.4, 0.5) is 0 Å². The van der Waals surface area contributed by atoms with Gasteiger partial charge in [-0.05, 0) is 52.5 Å². The molecular formula is C21H37IN4O4S. The highest BCUT2D eigenvalue weighted by molar-refractivity contribution is 14.0. The van der Waals surface area contributed by atoms with Gasteiger partial charge in [-0.15, -0.1) is 24.0 Å². The van der Waals surface area contributed by atoms with E-state index in [4.69, 9.17) is 9.47 Å². The molecule has 0 spiro atoms. The SMILES string of the molecule is CCNC(=NCc1cccc(OC)c1OC1CCCC1)NCC(C)(C)NS(C)(=O)=O.I. The molecule has 2 rings (SSSR count). The molecule has 1 aliphatic carbocycles. The van der Waals surface area contributed by atoms with E-state index in [1.54, 1.807) is 7.11 Å². The van der Waals surface area contributed by atoms with Crippen LogP contribution in [0.2, 0.25) is 0 Å². The predicted octanol–water partition coefficient (Wildman–Crippen LogP) is 3.02. The molecule has 1 aliphatic rings. The number of para-hydroxylation sites is 1. The van der Waals surface area contributed by atoms with E-state index in [1.165, 1.54) is 12.8 Å². The summed E-state index contributed by atoms with van der Waals surface area (Å²) in [7, 11) is -1.66. The number of hydrogen-bond donors (Lipinski definition) is 3.